The molecule has 1 aromatic carbocycles. The van der Waals surface area contributed by atoms with Crippen molar-refractivity contribution >= 4 is 0 Å². The molecule has 0 saturated heterocycles. The number of benzene rings is 1. The maximum Gasteiger partial charge on any atom is 0.0497 e. The van der Waals surface area contributed by atoms with Crippen molar-refractivity contribution in [3.8, 4) is 0 Å². The molecule has 0 aliphatic heterocycles. The fourth-order valence-electron chi connectivity index (χ4n) is 3.18. The molecule has 0 aromatic heterocycles. The smallest absolute Gasteiger partial charge is 0.0497 e. The van der Waals surface area contributed by atoms with Gasteiger partial charge in [0, 0.05) is 12.5 Å². The summed E-state index contributed by atoms with van der Waals surface area (Å²) in [5, 5.41) is 9.17. The van der Waals surface area contributed by atoms with Gasteiger partial charge in [0.05, 0.1) is 0 Å². The van der Waals surface area contributed by atoms with Crippen molar-refractivity contribution in [3.63, 3.8) is 0 Å². The first-order valence-corrected chi connectivity index (χ1v) is 7.22. The van der Waals surface area contributed by atoms with Crippen molar-refractivity contribution in [2.75, 3.05) is 6.61 Å². The fourth-order valence-corrected chi connectivity index (χ4v) is 3.18. The minimum absolute atomic E-state index is 0.232. The molecule has 0 spiro atoms. The second kappa shape index (κ2) is 5.44. The largest absolute Gasteiger partial charge is 0.396 e. The summed E-state index contributed by atoms with van der Waals surface area (Å²) in [6, 6.07) is 8.93. The third kappa shape index (κ3) is 3.14. The molecule has 1 N–H and O–H groups in total. The van der Waals surface area contributed by atoms with E-state index >= 15 is 0 Å². The maximum absolute atomic E-state index is 9.17. The van der Waals surface area contributed by atoms with Gasteiger partial charge in [-0.25, -0.2) is 0 Å². The molecule has 1 aliphatic carbocycles. The van der Waals surface area contributed by atoms with Gasteiger partial charge in [0.2, 0.25) is 0 Å². The van der Waals surface area contributed by atoms with Gasteiger partial charge in [-0.3, -0.25) is 0 Å². The Labute approximate surface area is 111 Å². The second-order valence-corrected chi connectivity index (χ2v) is 6.71. The van der Waals surface area contributed by atoms with Crippen LogP contribution in [0.15, 0.2) is 24.3 Å². The van der Waals surface area contributed by atoms with Crippen LogP contribution in [-0.2, 0) is 0 Å². The Bertz CT molecular complexity index is 377. The Balaban J connectivity index is 2.09. The lowest BCUT2D eigenvalue weighted by Crippen LogP contribution is -2.21. The molecule has 0 radical (unpaired) electrons. The highest BCUT2D eigenvalue weighted by atomic mass is 16.3. The van der Waals surface area contributed by atoms with E-state index in [2.05, 4.69) is 45.0 Å². The van der Waals surface area contributed by atoms with Crippen LogP contribution in [0.4, 0.5) is 0 Å². The maximum atomic E-state index is 9.17. The Morgan fingerprint density at radius 1 is 1.28 bits per heavy atom. The van der Waals surface area contributed by atoms with E-state index in [-0.39, 0.29) is 12.5 Å². The predicted octanol–water partition coefficient (Wildman–Crippen LogP) is 4.47. The van der Waals surface area contributed by atoms with Gasteiger partial charge in [-0.1, -0.05) is 51.5 Å². The van der Waals surface area contributed by atoms with Crippen molar-refractivity contribution in [1.82, 2.24) is 0 Å². The number of rotatable bonds is 3. The lowest BCUT2D eigenvalue weighted by Gasteiger charge is -2.35. The molecule has 0 heterocycles. The predicted molar refractivity (Wildman–Crippen MR) is 76.9 cm³/mol. The van der Waals surface area contributed by atoms with E-state index in [1.165, 1.54) is 36.8 Å². The van der Waals surface area contributed by atoms with Crippen LogP contribution >= 0.6 is 0 Å². The fraction of sp³-hybridized carbons (Fsp3) is 0.647. The molecule has 0 amide bonds. The quantitative estimate of drug-likeness (QED) is 0.834. The Morgan fingerprint density at radius 3 is 2.50 bits per heavy atom. The standard InChI is InChI=1S/C17H26O/c1-13(12-18)14-6-8-15(9-7-14)16-5-4-10-17(2,3)11-16/h6-9,13,16,18H,4-5,10-12H2,1-3H3. The second-order valence-electron chi connectivity index (χ2n) is 6.71. The molecule has 1 saturated carbocycles. The van der Waals surface area contributed by atoms with Crippen molar-refractivity contribution in [1.29, 1.82) is 0 Å². The van der Waals surface area contributed by atoms with Crippen LogP contribution in [0.3, 0.4) is 0 Å². The number of hydrogen-bond donors (Lipinski definition) is 1. The molecule has 1 heteroatoms. The van der Waals surface area contributed by atoms with Gasteiger partial charge in [-0.15, -0.1) is 0 Å². The molecule has 2 rings (SSSR count). The third-order valence-electron chi connectivity index (χ3n) is 4.46. The van der Waals surface area contributed by atoms with Gasteiger partial charge < -0.3 is 5.11 Å². The first-order chi connectivity index (χ1) is 8.52. The van der Waals surface area contributed by atoms with Crippen LogP contribution < -0.4 is 0 Å². The molecule has 1 aromatic rings. The average Bonchev–Trinajstić information content (AvgIpc) is 2.37. The zero-order chi connectivity index (χ0) is 13.2. The minimum Gasteiger partial charge on any atom is -0.396 e. The summed E-state index contributed by atoms with van der Waals surface area (Å²) in [5.41, 5.74) is 3.23. The van der Waals surface area contributed by atoms with Gasteiger partial charge in [0.25, 0.3) is 0 Å². The van der Waals surface area contributed by atoms with Crippen LogP contribution in [0.2, 0.25) is 0 Å². The van der Waals surface area contributed by atoms with Crippen LogP contribution in [0, 0.1) is 5.41 Å². The van der Waals surface area contributed by atoms with Crippen LogP contribution in [0.1, 0.15) is 69.4 Å². The van der Waals surface area contributed by atoms with Gasteiger partial charge in [-0.05, 0) is 41.7 Å². The number of aliphatic hydroxyl groups is 1. The molecular weight excluding hydrogens is 220 g/mol. The Hall–Kier alpha value is -0.820. The van der Waals surface area contributed by atoms with Crippen LogP contribution in [0.5, 0.6) is 0 Å². The normalized spacial score (nSPS) is 24.8. The Kier molecular flexibility index (Phi) is 4.11. The van der Waals surface area contributed by atoms with Crippen LogP contribution in [-0.4, -0.2) is 11.7 Å². The van der Waals surface area contributed by atoms with Gasteiger partial charge in [-0.2, -0.15) is 0 Å². The summed E-state index contributed by atoms with van der Waals surface area (Å²) in [6.45, 7) is 7.08. The molecule has 0 bridgehead atoms. The van der Waals surface area contributed by atoms with E-state index < -0.39 is 0 Å². The molecule has 18 heavy (non-hydrogen) atoms. The summed E-state index contributed by atoms with van der Waals surface area (Å²) < 4.78 is 0. The van der Waals surface area contributed by atoms with Crippen molar-refractivity contribution in [2.24, 2.45) is 5.41 Å². The highest BCUT2D eigenvalue weighted by molar-refractivity contribution is 5.28. The van der Waals surface area contributed by atoms with E-state index in [9.17, 15) is 5.11 Å². The first-order valence-electron chi connectivity index (χ1n) is 7.22. The van der Waals surface area contributed by atoms with Crippen LogP contribution in [0.25, 0.3) is 0 Å². The Morgan fingerprint density at radius 2 is 1.94 bits per heavy atom. The highest BCUT2D eigenvalue weighted by Gasteiger charge is 2.28. The van der Waals surface area contributed by atoms with Gasteiger partial charge in [0.1, 0.15) is 0 Å². The summed E-state index contributed by atoms with van der Waals surface area (Å²) in [6.07, 6.45) is 5.36. The highest BCUT2D eigenvalue weighted by Crippen LogP contribution is 2.43. The van der Waals surface area contributed by atoms with Crippen molar-refractivity contribution < 1.29 is 5.11 Å². The SMILES string of the molecule is CC(CO)c1ccc(C2CCCC(C)(C)C2)cc1. The van der Waals surface area contributed by atoms with E-state index in [1.807, 2.05) is 0 Å². The number of aliphatic hydroxyl groups excluding tert-OH is 1. The molecule has 1 fully saturated rings. The molecule has 1 nitrogen and oxygen atoms in total. The molecule has 100 valence electrons. The lowest BCUT2D eigenvalue weighted by atomic mass is 9.70. The van der Waals surface area contributed by atoms with Crippen molar-refractivity contribution in [3.05, 3.63) is 35.4 Å². The van der Waals surface area contributed by atoms with E-state index in [0.717, 1.165) is 5.92 Å². The lowest BCUT2D eigenvalue weighted by molar-refractivity contribution is 0.219. The van der Waals surface area contributed by atoms with Gasteiger partial charge in [0.15, 0.2) is 0 Å². The van der Waals surface area contributed by atoms with E-state index in [4.69, 9.17) is 0 Å². The monoisotopic (exact) mass is 246 g/mol. The molecule has 1 aliphatic rings. The summed E-state index contributed by atoms with van der Waals surface area (Å²) >= 11 is 0. The summed E-state index contributed by atoms with van der Waals surface area (Å²) in [5.74, 6) is 0.981. The minimum atomic E-state index is 0.232. The average molecular weight is 246 g/mol. The first kappa shape index (κ1) is 13.6. The third-order valence-corrected chi connectivity index (χ3v) is 4.46. The summed E-state index contributed by atoms with van der Waals surface area (Å²) in [4.78, 5) is 0. The molecule has 2 atom stereocenters. The number of hydrogen-bond acceptors (Lipinski definition) is 1. The molecule has 2 unspecified atom stereocenters. The summed E-state index contributed by atoms with van der Waals surface area (Å²) in [7, 11) is 0. The zero-order valence-corrected chi connectivity index (χ0v) is 11.9. The van der Waals surface area contributed by atoms with Crippen molar-refractivity contribution in [2.45, 2.75) is 58.3 Å². The zero-order valence-electron chi connectivity index (χ0n) is 11.9. The topological polar surface area (TPSA) is 20.2 Å². The van der Waals surface area contributed by atoms with Gasteiger partial charge >= 0.3 is 0 Å². The van der Waals surface area contributed by atoms with E-state index in [1.54, 1.807) is 0 Å². The molecular formula is C17H26O. The van der Waals surface area contributed by atoms with E-state index in [0.29, 0.717) is 5.41 Å².